The smallest absolute Gasteiger partial charge is 0.264 e. The van der Waals surface area contributed by atoms with Gasteiger partial charge in [0.1, 0.15) is 23.1 Å². The molecule has 0 saturated carbocycles. The maximum atomic E-state index is 13.3. The first-order chi connectivity index (χ1) is 7.36. The number of hydrogen-bond donors (Lipinski definition) is 0. The van der Waals surface area contributed by atoms with Crippen LogP contribution in [0.4, 0.5) is 4.39 Å². The summed E-state index contributed by atoms with van der Waals surface area (Å²) >= 11 is 3.02. The predicted molar refractivity (Wildman–Crippen MR) is 61.5 cm³/mol. The molecular weight excluding hydrogens is 323 g/mol. The molecule has 1 aromatic carbocycles. The summed E-state index contributed by atoms with van der Waals surface area (Å²) in [5.74, 6) is 1.31. The molecule has 0 saturated heterocycles. The molecule has 0 bridgehead atoms. The van der Waals surface area contributed by atoms with Crippen LogP contribution in [0.5, 0.6) is 5.75 Å². The Morgan fingerprint density at radius 3 is 2.69 bits per heavy atom. The molecule has 0 radical (unpaired) electrons. The van der Waals surface area contributed by atoms with E-state index in [0.29, 0.717) is 0 Å². The molecule has 0 aromatic heterocycles. The Morgan fingerprint density at radius 1 is 1.56 bits per heavy atom. The fourth-order valence-corrected chi connectivity index (χ4v) is 2.44. The summed E-state index contributed by atoms with van der Waals surface area (Å²) < 4.78 is 40.5. The van der Waals surface area contributed by atoms with Crippen molar-refractivity contribution < 1.29 is 17.5 Å². The molecule has 7 heteroatoms. The van der Waals surface area contributed by atoms with Gasteiger partial charge in [-0.1, -0.05) is 5.92 Å². The van der Waals surface area contributed by atoms with Crippen LogP contribution in [-0.2, 0) is 9.05 Å². The summed E-state index contributed by atoms with van der Waals surface area (Å²) in [6.45, 7) is -0.0506. The Labute approximate surface area is 105 Å². The first-order valence-electron chi connectivity index (χ1n) is 3.86. The second-order valence-corrected chi connectivity index (χ2v) is 6.03. The van der Waals surface area contributed by atoms with Gasteiger partial charge >= 0.3 is 0 Å². The summed E-state index contributed by atoms with van der Waals surface area (Å²) in [4.78, 5) is -0.617. The van der Waals surface area contributed by atoms with Crippen molar-refractivity contribution in [3.05, 3.63) is 22.4 Å². The van der Waals surface area contributed by atoms with E-state index in [1.54, 1.807) is 0 Å². The van der Waals surface area contributed by atoms with Crippen molar-refractivity contribution in [1.82, 2.24) is 0 Å². The largest absolute Gasteiger partial charge is 0.480 e. The number of hydrogen-bond acceptors (Lipinski definition) is 3. The highest BCUT2D eigenvalue weighted by Gasteiger charge is 2.19. The number of benzene rings is 1. The normalized spacial score (nSPS) is 10.9. The van der Waals surface area contributed by atoms with E-state index in [0.717, 1.165) is 12.1 Å². The van der Waals surface area contributed by atoms with Crippen LogP contribution in [0, 0.1) is 18.2 Å². The topological polar surface area (TPSA) is 43.4 Å². The Bertz CT molecular complexity index is 551. The number of halogens is 3. The summed E-state index contributed by atoms with van der Waals surface area (Å²) in [7, 11) is 0.909. The maximum Gasteiger partial charge on any atom is 0.264 e. The van der Waals surface area contributed by atoms with Gasteiger partial charge in [0.25, 0.3) is 9.05 Å². The van der Waals surface area contributed by atoms with Crippen LogP contribution in [0.1, 0.15) is 0 Å². The van der Waals surface area contributed by atoms with E-state index < -0.39 is 19.8 Å². The van der Waals surface area contributed by atoms with Gasteiger partial charge in [0.15, 0.2) is 0 Å². The summed E-state index contributed by atoms with van der Waals surface area (Å²) in [5.41, 5.74) is 0. The number of ether oxygens (including phenoxy) is 1. The van der Waals surface area contributed by atoms with Gasteiger partial charge < -0.3 is 4.74 Å². The molecule has 0 fully saturated rings. The third kappa shape index (κ3) is 3.11. The first kappa shape index (κ1) is 13.3. The van der Waals surface area contributed by atoms with E-state index in [1.165, 1.54) is 0 Å². The molecule has 0 amide bonds. The summed E-state index contributed by atoms with van der Waals surface area (Å²) in [6, 6.07) is 1.92. The highest BCUT2D eigenvalue weighted by Crippen LogP contribution is 2.31. The van der Waals surface area contributed by atoms with Crippen LogP contribution in [0.15, 0.2) is 21.5 Å². The van der Waals surface area contributed by atoms with Gasteiger partial charge in [-0.3, -0.25) is 0 Å². The Balaban J connectivity index is 3.23. The van der Waals surface area contributed by atoms with Crippen molar-refractivity contribution >= 4 is 35.7 Å². The molecule has 16 heavy (non-hydrogen) atoms. The van der Waals surface area contributed by atoms with E-state index in [-0.39, 0.29) is 16.8 Å². The van der Waals surface area contributed by atoms with Crippen LogP contribution < -0.4 is 4.74 Å². The van der Waals surface area contributed by atoms with Crippen molar-refractivity contribution in [3.63, 3.8) is 0 Å². The van der Waals surface area contributed by atoms with E-state index in [4.69, 9.17) is 21.8 Å². The van der Waals surface area contributed by atoms with Gasteiger partial charge in [-0.25, -0.2) is 12.8 Å². The van der Waals surface area contributed by atoms with Gasteiger partial charge in [0.2, 0.25) is 0 Å². The highest BCUT2D eigenvalue weighted by molar-refractivity contribution is 9.10. The monoisotopic (exact) mass is 326 g/mol. The predicted octanol–water partition coefficient (Wildman–Crippen LogP) is 2.53. The maximum absolute atomic E-state index is 13.3. The molecular formula is C9H5BrClFO3S. The quantitative estimate of drug-likeness (QED) is 0.633. The van der Waals surface area contributed by atoms with Crippen LogP contribution in [0.2, 0.25) is 0 Å². The Morgan fingerprint density at radius 2 is 2.19 bits per heavy atom. The summed E-state index contributed by atoms with van der Waals surface area (Å²) in [5, 5.41) is 0. The average Bonchev–Trinajstić information content (AvgIpc) is 2.17. The van der Waals surface area contributed by atoms with Crippen LogP contribution in [0.3, 0.4) is 0 Å². The third-order valence-electron chi connectivity index (χ3n) is 1.56. The molecule has 0 heterocycles. The summed E-state index contributed by atoms with van der Waals surface area (Å²) in [6.07, 6.45) is 4.96. The van der Waals surface area contributed by atoms with Gasteiger partial charge in [-0.05, 0) is 22.0 Å². The highest BCUT2D eigenvalue weighted by atomic mass is 79.9. The zero-order valence-corrected chi connectivity index (χ0v) is 10.9. The fourth-order valence-electron chi connectivity index (χ4n) is 0.927. The molecule has 0 aliphatic carbocycles. The zero-order valence-electron chi connectivity index (χ0n) is 7.71. The van der Waals surface area contributed by atoms with Crippen molar-refractivity contribution in [1.29, 1.82) is 0 Å². The SMILES string of the molecule is C#CCOc1cc(F)c(S(=O)(=O)Cl)cc1Br. The van der Waals surface area contributed by atoms with E-state index in [9.17, 15) is 12.8 Å². The standard InChI is InChI=1S/C9H5BrClFO3S/c1-2-3-15-8-5-7(12)9(4-6(8)10)16(11,13)14/h1,4-5H,3H2. The minimum Gasteiger partial charge on any atom is -0.480 e. The molecule has 0 aliphatic heterocycles. The van der Waals surface area contributed by atoms with E-state index in [1.807, 2.05) is 0 Å². The molecule has 1 aromatic rings. The lowest BCUT2D eigenvalue weighted by atomic mass is 10.3. The minimum atomic E-state index is -4.12. The molecule has 3 nitrogen and oxygen atoms in total. The zero-order chi connectivity index (χ0) is 12.3. The van der Waals surface area contributed by atoms with Crippen LogP contribution in [0.25, 0.3) is 0 Å². The van der Waals surface area contributed by atoms with Gasteiger partial charge in [0.05, 0.1) is 4.47 Å². The van der Waals surface area contributed by atoms with Crippen LogP contribution >= 0.6 is 26.6 Å². The molecule has 0 aliphatic rings. The molecule has 0 N–H and O–H groups in total. The lowest BCUT2D eigenvalue weighted by Crippen LogP contribution is -1.99. The van der Waals surface area contributed by atoms with Gasteiger partial charge in [-0.15, -0.1) is 6.42 Å². The second-order valence-electron chi connectivity index (χ2n) is 2.64. The third-order valence-corrected chi connectivity index (χ3v) is 3.52. The fraction of sp³-hybridized carbons (Fsp3) is 0.111. The Kier molecular flexibility index (Phi) is 4.19. The Hall–Kier alpha value is -0.770. The minimum absolute atomic E-state index is 0.0506. The van der Waals surface area contributed by atoms with Gasteiger partial charge in [-0.2, -0.15) is 0 Å². The molecule has 86 valence electrons. The average molecular weight is 328 g/mol. The van der Waals surface area contributed by atoms with Crippen molar-refractivity contribution in [3.8, 4) is 18.1 Å². The first-order valence-corrected chi connectivity index (χ1v) is 6.96. The molecule has 0 spiro atoms. The molecule has 0 unspecified atom stereocenters. The van der Waals surface area contributed by atoms with Crippen molar-refractivity contribution in [2.45, 2.75) is 4.90 Å². The molecule has 0 atom stereocenters. The van der Waals surface area contributed by atoms with Crippen LogP contribution in [-0.4, -0.2) is 15.0 Å². The number of terminal acetylenes is 1. The van der Waals surface area contributed by atoms with Crippen molar-refractivity contribution in [2.24, 2.45) is 0 Å². The molecule has 1 rings (SSSR count). The second kappa shape index (κ2) is 5.04. The lowest BCUT2D eigenvalue weighted by Gasteiger charge is -2.07. The lowest BCUT2D eigenvalue weighted by molar-refractivity contribution is 0.364. The van der Waals surface area contributed by atoms with E-state index in [2.05, 4.69) is 21.9 Å². The van der Waals surface area contributed by atoms with Gasteiger partial charge in [0, 0.05) is 16.7 Å². The van der Waals surface area contributed by atoms with E-state index >= 15 is 0 Å². The van der Waals surface area contributed by atoms with Crippen molar-refractivity contribution in [2.75, 3.05) is 6.61 Å². The number of rotatable bonds is 3.